The average molecular weight is 442 g/mol. The third kappa shape index (κ3) is 5.77. The number of nitrogens with one attached hydrogen (secondary N) is 2. The molecular formula is C21H25F3N2O5. The topological polar surface area (TPSA) is 101 Å². The van der Waals surface area contributed by atoms with Crippen molar-refractivity contribution in [2.45, 2.75) is 52.1 Å². The van der Waals surface area contributed by atoms with Crippen molar-refractivity contribution in [1.29, 1.82) is 0 Å². The zero-order valence-corrected chi connectivity index (χ0v) is 17.8. The maximum absolute atomic E-state index is 13.0. The van der Waals surface area contributed by atoms with E-state index in [1.165, 1.54) is 21.1 Å². The molecule has 31 heavy (non-hydrogen) atoms. The van der Waals surface area contributed by atoms with Gasteiger partial charge in [-0.1, -0.05) is 0 Å². The average Bonchev–Trinajstić information content (AvgIpc) is 3.22. The number of carbonyl (C=O) groups excluding carboxylic acids is 3. The lowest BCUT2D eigenvalue weighted by Gasteiger charge is -2.08. The van der Waals surface area contributed by atoms with Gasteiger partial charge in [-0.05, 0) is 48.9 Å². The van der Waals surface area contributed by atoms with Gasteiger partial charge in [-0.3, -0.25) is 14.4 Å². The second-order valence-electron chi connectivity index (χ2n) is 7.17. The van der Waals surface area contributed by atoms with Gasteiger partial charge in [-0.25, -0.2) is 0 Å². The van der Waals surface area contributed by atoms with Crippen LogP contribution >= 0.6 is 0 Å². The SMILES string of the molecule is COC(=O)CCc1c(C)c[nH]c1Cc1[nH]c(C(=O)C(F)(F)F)c(C)c1CCC(=O)OC. The lowest BCUT2D eigenvalue weighted by atomic mass is 9.98. The van der Waals surface area contributed by atoms with Crippen LogP contribution in [-0.2, 0) is 38.3 Å². The number of ether oxygens (including phenoxy) is 2. The summed E-state index contributed by atoms with van der Waals surface area (Å²) < 4.78 is 48.4. The summed E-state index contributed by atoms with van der Waals surface area (Å²) >= 11 is 0. The lowest BCUT2D eigenvalue weighted by molar-refractivity contribution is -0.141. The molecule has 0 fully saturated rings. The summed E-state index contributed by atoms with van der Waals surface area (Å²) in [5, 5.41) is 0. The van der Waals surface area contributed by atoms with E-state index in [0.717, 1.165) is 11.1 Å². The molecular weight excluding hydrogens is 417 g/mol. The van der Waals surface area contributed by atoms with Crippen LogP contribution in [0.15, 0.2) is 6.20 Å². The van der Waals surface area contributed by atoms with Crippen molar-refractivity contribution in [2.75, 3.05) is 14.2 Å². The molecule has 10 heteroatoms. The van der Waals surface area contributed by atoms with Crippen LogP contribution in [0, 0.1) is 13.8 Å². The summed E-state index contributed by atoms with van der Waals surface area (Å²) in [6.07, 6.45) is -2.49. The molecule has 2 rings (SSSR count). The molecule has 2 aromatic rings. The quantitative estimate of drug-likeness (QED) is 0.457. The number of hydrogen-bond donors (Lipinski definition) is 2. The zero-order valence-electron chi connectivity index (χ0n) is 17.8. The van der Waals surface area contributed by atoms with Crippen LogP contribution in [0.2, 0.25) is 0 Å². The van der Waals surface area contributed by atoms with Crippen LogP contribution in [-0.4, -0.2) is 48.1 Å². The van der Waals surface area contributed by atoms with Gasteiger partial charge in [0.15, 0.2) is 0 Å². The first-order valence-corrected chi connectivity index (χ1v) is 9.60. The highest BCUT2D eigenvalue weighted by Crippen LogP contribution is 2.29. The van der Waals surface area contributed by atoms with Gasteiger partial charge in [0.05, 0.1) is 19.9 Å². The minimum atomic E-state index is -5.03. The fourth-order valence-electron chi connectivity index (χ4n) is 3.50. The second-order valence-corrected chi connectivity index (χ2v) is 7.17. The monoisotopic (exact) mass is 442 g/mol. The maximum atomic E-state index is 13.0. The van der Waals surface area contributed by atoms with Gasteiger partial charge >= 0.3 is 18.1 Å². The Kier molecular flexibility index (Phi) is 7.70. The molecule has 170 valence electrons. The summed E-state index contributed by atoms with van der Waals surface area (Å²) in [6.45, 7) is 3.27. The largest absolute Gasteiger partial charge is 0.469 e. The molecule has 2 N–H and O–H groups in total. The van der Waals surface area contributed by atoms with Gasteiger partial charge in [0.25, 0.3) is 5.78 Å². The van der Waals surface area contributed by atoms with E-state index in [9.17, 15) is 27.6 Å². The highest BCUT2D eigenvalue weighted by Gasteiger charge is 2.41. The standard InChI is InChI=1S/C21H25F3N2O5/c1-11-10-25-15(13(11)5-7-17(27)30-3)9-16-14(6-8-18(28)31-4)12(2)19(26-16)20(29)21(22,23)24/h10,25-26H,5-9H2,1-4H3. The Morgan fingerprint density at radius 2 is 1.48 bits per heavy atom. The van der Waals surface area contributed by atoms with Crippen molar-refractivity contribution in [3.05, 3.63) is 45.5 Å². The second kappa shape index (κ2) is 9.84. The molecule has 0 aliphatic carbocycles. The normalized spacial score (nSPS) is 11.5. The molecule has 0 unspecified atom stereocenters. The first-order valence-electron chi connectivity index (χ1n) is 9.60. The van der Waals surface area contributed by atoms with Crippen LogP contribution in [0.1, 0.15) is 57.0 Å². The Bertz CT molecular complexity index is 973. The van der Waals surface area contributed by atoms with E-state index < -0.39 is 23.6 Å². The van der Waals surface area contributed by atoms with E-state index >= 15 is 0 Å². The van der Waals surface area contributed by atoms with Gasteiger partial charge in [0, 0.05) is 36.8 Å². The number of aromatic amines is 2. The predicted octanol–water partition coefficient (Wildman–Crippen LogP) is 3.51. The van der Waals surface area contributed by atoms with Crippen molar-refractivity contribution >= 4 is 17.7 Å². The fraction of sp³-hybridized carbons (Fsp3) is 0.476. The van der Waals surface area contributed by atoms with Crippen LogP contribution in [0.4, 0.5) is 13.2 Å². The smallest absolute Gasteiger partial charge is 0.456 e. The number of hydrogen-bond acceptors (Lipinski definition) is 5. The number of ketones is 1. The molecule has 0 aliphatic heterocycles. The Labute approximate surface area is 177 Å². The minimum absolute atomic E-state index is 0.0409. The first kappa shape index (κ1) is 24.2. The number of methoxy groups -OCH3 is 2. The Morgan fingerprint density at radius 3 is 2.00 bits per heavy atom. The van der Waals surface area contributed by atoms with Crippen LogP contribution in [0.25, 0.3) is 0 Å². The third-order valence-electron chi connectivity index (χ3n) is 5.22. The molecule has 0 bridgehead atoms. The number of carbonyl (C=O) groups is 3. The molecule has 0 aromatic carbocycles. The number of halogens is 3. The molecule has 0 atom stereocenters. The third-order valence-corrected chi connectivity index (χ3v) is 5.22. The molecule has 7 nitrogen and oxygen atoms in total. The lowest BCUT2D eigenvalue weighted by Crippen LogP contribution is -2.24. The highest BCUT2D eigenvalue weighted by atomic mass is 19.4. The molecule has 0 saturated heterocycles. The van der Waals surface area contributed by atoms with Crippen LogP contribution < -0.4 is 0 Å². The highest BCUT2D eigenvalue weighted by molar-refractivity contribution is 6.00. The van der Waals surface area contributed by atoms with Gasteiger partial charge in [0.2, 0.25) is 0 Å². The number of rotatable bonds is 9. The van der Waals surface area contributed by atoms with Crippen molar-refractivity contribution in [2.24, 2.45) is 0 Å². The number of aryl methyl sites for hydroxylation is 1. The summed E-state index contributed by atoms with van der Waals surface area (Å²) in [6, 6.07) is 0. The summed E-state index contributed by atoms with van der Waals surface area (Å²) in [7, 11) is 2.52. The number of alkyl halides is 3. The van der Waals surface area contributed by atoms with Crippen LogP contribution in [0.3, 0.4) is 0 Å². The molecule has 0 aliphatic rings. The summed E-state index contributed by atoms with van der Waals surface area (Å²) in [4.78, 5) is 40.7. The van der Waals surface area contributed by atoms with E-state index in [1.807, 2.05) is 6.92 Å². The van der Waals surface area contributed by atoms with Gasteiger partial charge in [-0.15, -0.1) is 0 Å². The van der Waals surface area contributed by atoms with Gasteiger partial charge in [0.1, 0.15) is 0 Å². The number of H-pyrrole nitrogens is 2. The van der Waals surface area contributed by atoms with E-state index in [-0.39, 0.29) is 37.2 Å². The first-order chi connectivity index (χ1) is 14.5. The summed E-state index contributed by atoms with van der Waals surface area (Å²) in [5.41, 5.74) is 2.92. The Morgan fingerprint density at radius 1 is 0.935 bits per heavy atom. The van der Waals surface area contributed by atoms with E-state index in [0.29, 0.717) is 23.4 Å². The van der Waals surface area contributed by atoms with E-state index in [4.69, 9.17) is 0 Å². The molecule has 2 aromatic heterocycles. The van der Waals surface area contributed by atoms with Crippen LogP contribution in [0.5, 0.6) is 0 Å². The molecule has 2 heterocycles. The van der Waals surface area contributed by atoms with Gasteiger partial charge in [-0.2, -0.15) is 13.2 Å². The molecule has 0 amide bonds. The number of esters is 2. The Balaban J connectivity index is 2.42. The Hall–Kier alpha value is -3.04. The fourth-order valence-corrected chi connectivity index (χ4v) is 3.50. The van der Waals surface area contributed by atoms with Crippen molar-refractivity contribution in [3.63, 3.8) is 0 Å². The molecule has 0 spiro atoms. The van der Waals surface area contributed by atoms with E-state index in [1.54, 1.807) is 6.20 Å². The zero-order chi connectivity index (χ0) is 23.3. The predicted molar refractivity (Wildman–Crippen MR) is 105 cm³/mol. The van der Waals surface area contributed by atoms with Gasteiger partial charge < -0.3 is 19.4 Å². The van der Waals surface area contributed by atoms with Crippen molar-refractivity contribution < 1.29 is 37.0 Å². The van der Waals surface area contributed by atoms with Crippen molar-refractivity contribution in [1.82, 2.24) is 9.97 Å². The van der Waals surface area contributed by atoms with Crippen molar-refractivity contribution in [3.8, 4) is 0 Å². The number of aromatic nitrogens is 2. The maximum Gasteiger partial charge on any atom is 0.456 e. The minimum Gasteiger partial charge on any atom is -0.469 e. The van der Waals surface area contributed by atoms with E-state index in [2.05, 4.69) is 19.4 Å². The molecule has 0 radical (unpaired) electrons. The number of Topliss-reactive ketones (excluding diaryl/α,β-unsaturated/α-hetero) is 1. The summed E-state index contributed by atoms with van der Waals surface area (Å²) in [5.74, 6) is -2.85. The molecule has 0 saturated carbocycles.